The van der Waals surface area contributed by atoms with E-state index in [1.165, 1.54) is 0 Å². The molecule has 4 aromatic rings. The van der Waals surface area contributed by atoms with Gasteiger partial charge >= 0.3 is 12.1 Å². The third-order valence-corrected chi connectivity index (χ3v) is 9.39. The molecule has 1 unspecified atom stereocenters. The first-order valence-corrected chi connectivity index (χ1v) is 17.8. The quantitative estimate of drug-likeness (QED) is 0.130. The van der Waals surface area contributed by atoms with Crippen LogP contribution in [0.3, 0.4) is 0 Å². The fourth-order valence-corrected chi connectivity index (χ4v) is 6.84. The van der Waals surface area contributed by atoms with Gasteiger partial charge < -0.3 is 30.6 Å². The smallest absolute Gasteiger partial charge is 0.404 e. The standard InChI is InChI=1S/C41H50N6O5/c1-27-14-19-34(42-25-27)31-17-15-30(16-18-31)22-33(44-39(50)51)24-36(48)35(23-29-11-7-6-8-12-29)45-38(49)37(41(3,4)5)47-21-20-46(40(47)52)26-32-13-9-10-28(2)43-32/h6-19,25,33,35-37,44,48H,20-24,26H2,1-5H3,(H,45,49)(H,50,51)/t33?,35-,36-,37+/m0/s1. The molecule has 0 radical (unpaired) electrons. The molecular formula is C41H50N6O5. The van der Waals surface area contributed by atoms with Crippen LogP contribution in [0.1, 0.15) is 55.3 Å². The van der Waals surface area contributed by atoms with Crippen molar-refractivity contribution < 1.29 is 24.6 Å². The van der Waals surface area contributed by atoms with E-state index in [2.05, 4.69) is 20.6 Å². The minimum atomic E-state index is -1.20. The van der Waals surface area contributed by atoms with Crippen LogP contribution in [0.4, 0.5) is 9.59 Å². The number of hydrogen-bond donors (Lipinski definition) is 4. The highest BCUT2D eigenvalue weighted by atomic mass is 16.4. The van der Waals surface area contributed by atoms with Crippen LogP contribution in [0.5, 0.6) is 0 Å². The van der Waals surface area contributed by atoms with Crippen LogP contribution < -0.4 is 10.6 Å². The third-order valence-electron chi connectivity index (χ3n) is 9.39. The van der Waals surface area contributed by atoms with E-state index >= 15 is 0 Å². The van der Waals surface area contributed by atoms with Crippen molar-refractivity contribution in [2.45, 2.75) is 84.7 Å². The molecule has 11 heteroatoms. The molecular weight excluding hydrogens is 656 g/mol. The molecule has 1 aliphatic rings. The first-order valence-electron chi connectivity index (χ1n) is 17.8. The Balaban J connectivity index is 1.33. The van der Waals surface area contributed by atoms with Crippen molar-refractivity contribution in [3.63, 3.8) is 0 Å². The number of urea groups is 1. The second-order valence-corrected chi connectivity index (χ2v) is 14.8. The molecule has 0 bridgehead atoms. The zero-order valence-electron chi connectivity index (χ0n) is 30.6. The number of carbonyl (C=O) groups is 3. The van der Waals surface area contributed by atoms with Gasteiger partial charge in [-0.1, -0.05) is 87.5 Å². The van der Waals surface area contributed by atoms with E-state index in [4.69, 9.17) is 0 Å². The number of aliphatic hydroxyl groups excluding tert-OH is 1. The van der Waals surface area contributed by atoms with E-state index in [1.807, 2.05) is 126 Å². The van der Waals surface area contributed by atoms with Crippen LogP contribution in [0.15, 0.2) is 91.1 Å². The molecule has 4 N–H and O–H groups in total. The summed E-state index contributed by atoms with van der Waals surface area (Å²) >= 11 is 0. The fraction of sp³-hybridized carbons (Fsp3) is 0.390. The summed E-state index contributed by atoms with van der Waals surface area (Å²) in [6, 6.07) is 24.5. The van der Waals surface area contributed by atoms with Gasteiger partial charge in [-0.25, -0.2) is 9.59 Å². The second kappa shape index (κ2) is 16.8. The van der Waals surface area contributed by atoms with E-state index in [0.29, 0.717) is 32.5 Å². The molecule has 0 saturated carbocycles. The predicted octanol–water partition coefficient (Wildman–Crippen LogP) is 5.77. The lowest BCUT2D eigenvalue weighted by molar-refractivity contribution is -0.130. The number of pyridine rings is 2. The molecule has 2 aromatic heterocycles. The van der Waals surface area contributed by atoms with Crippen molar-refractivity contribution in [1.82, 2.24) is 30.4 Å². The number of nitrogens with one attached hydrogen (secondary N) is 2. The van der Waals surface area contributed by atoms with E-state index in [9.17, 15) is 24.6 Å². The van der Waals surface area contributed by atoms with Gasteiger partial charge in [0.05, 0.1) is 30.1 Å². The monoisotopic (exact) mass is 706 g/mol. The summed E-state index contributed by atoms with van der Waals surface area (Å²) in [4.78, 5) is 52.3. The number of rotatable bonds is 14. The van der Waals surface area contributed by atoms with E-state index in [1.54, 1.807) is 9.80 Å². The molecule has 4 amide bonds. The Morgan fingerprint density at radius 2 is 1.58 bits per heavy atom. The number of carboxylic acid groups (broad SMARTS) is 1. The Morgan fingerprint density at radius 1 is 0.865 bits per heavy atom. The first kappa shape index (κ1) is 38.0. The Morgan fingerprint density at radius 3 is 2.21 bits per heavy atom. The van der Waals surface area contributed by atoms with Crippen LogP contribution in [0.25, 0.3) is 11.3 Å². The van der Waals surface area contributed by atoms with Gasteiger partial charge in [0.2, 0.25) is 5.91 Å². The molecule has 1 fully saturated rings. The highest BCUT2D eigenvalue weighted by molar-refractivity contribution is 5.89. The van der Waals surface area contributed by atoms with Gasteiger partial charge in [0.1, 0.15) is 6.04 Å². The van der Waals surface area contributed by atoms with Crippen molar-refractivity contribution in [3.05, 3.63) is 119 Å². The number of aliphatic hydroxyl groups is 1. The summed E-state index contributed by atoms with van der Waals surface area (Å²) in [7, 11) is 0. The lowest BCUT2D eigenvalue weighted by Gasteiger charge is -2.38. The van der Waals surface area contributed by atoms with Gasteiger partial charge in [-0.05, 0) is 73.4 Å². The molecule has 5 rings (SSSR count). The lowest BCUT2D eigenvalue weighted by Crippen LogP contribution is -2.58. The number of carbonyl (C=O) groups excluding carboxylic acids is 2. The van der Waals surface area contributed by atoms with Crippen LogP contribution >= 0.6 is 0 Å². The number of aromatic nitrogens is 2. The summed E-state index contributed by atoms with van der Waals surface area (Å²) in [5.41, 5.74) is 5.65. The predicted molar refractivity (Wildman–Crippen MR) is 200 cm³/mol. The molecule has 3 heterocycles. The third kappa shape index (κ3) is 10.2. The molecule has 0 spiro atoms. The molecule has 4 atom stereocenters. The molecule has 1 saturated heterocycles. The van der Waals surface area contributed by atoms with E-state index < -0.39 is 35.7 Å². The van der Waals surface area contributed by atoms with Gasteiger partial charge in [0.15, 0.2) is 0 Å². The largest absolute Gasteiger partial charge is 0.465 e. The normalized spacial score (nSPS) is 15.5. The average Bonchev–Trinajstić information content (AvgIpc) is 3.43. The number of nitrogens with zero attached hydrogens (tertiary/aromatic N) is 4. The van der Waals surface area contributed by atoms with E-state index in [0.717, 1.165) is 39.3 Å². The molecule has 1 aliphatic heterocycles. The Hall–Kier alpha value is -5.29. The van der Waals surface area contributed by atoms with Crippen LogP contribution in [0, 0.1) is 19.3 Å². The Labute approximate surface area is 306 Å². The van der Waals surface area contributed by atoms with Gasteiger partial charge in [-0.3, -0.25) is 14.8 Å². The second-order valence-electron chi connectivity index (χ2n) is 14.8. The number of amides is 4. The van der Waals surface area contributed by atoms with Crippen LogP contribution in [0.2, 0.25) is 0 Å². The Kier molecular flexibility index (Phi) is 12.3. The topological polar surface area (TPSA) is 148 Å². The Bertz CT molecular complexity index is 1810. The van der Waals surface area contributed by atoms with E-state index in [-0.39, 0.29) is 18.4 Å². The van der Waals surface area contributed by atoms with Gasteiger partial charge in [0, 0.05) is 36.6 Å². The summed E-state index contributed by atoms with van der Waals surface area (Å²) in [5.74, 6) is -0.376. The summed E-state index contributed by atoms with van der Waals surface area (Å²) in [6.07, 6.45) is 0.180. The molecule has 2 aromatic carbocycles. The fourth-order valence-electron chi connectivity index (χ4n) is 6.84. The molecule has 52 heavy (non-hydrogen) atoms. The van der Waals surface area contributed by atoms with Crippen molar-refractivity contribution >= 4 is 18.0 Å². The van der Waals surface area contributed by atoms with Gasteiger partial charge in [-0.15, -0.1) is 0 Å². The SMILES string of the molecule is Cc1ccc(-c2ccc(CC(C[C@H](O)[C@H](Cc3ccccc3)NC(=O)[C@@H](N3CCN(Cc4cccc(C)n4)C3=O)C(C)(C)C)NC(=O)O)cc2)nc1. The number of hydrogen-bond acceptors (Lipinski definition) is 6. The maximum absolute atomic E-state index is 14.3. The highest BCUT2D eigenvalue weighted by Gasteiger charge is 2.44. The summed E-state index contributed by atoms with van der Waals surface area (Å²) < 4.78 is 0. The lowest BCUT2D eigenvalue weighted by atomic mass is 9.84. The maximum atomic E-state index is 14.3. The zero-order chi connectivity index (χ0) is 37.4. The first-order chi connectivity index (χ1) is 24.8. The molecule has 0 aliphatic carbocycles. The van der Waals surface area contributed by atoms with Crippen molar-refractivity contribution in [1.29, 1.82) is 0 Å². The highest BCUT2D eigenvalue weighted by Crippen LogP contribution is 2.29. The summed E-state index contributed by atoms with van der Waals surface area (Å²) in [6.45, 7) is 10.8. The van der Waals surface area contributed by atoms with Gasteiger partial charge in [-0.2, -0.15) is 0 Å². The average molecular weight is 707 g/mol. The summed E-state index contributed by atoms with van der Waals surface area (Å²) in [5, 5.41) is 27.2. The van der Waals surface area contributed by atoms with Crippen LogP contribution in [-0.2, 0) is 24.2 Å². The van der Waals surface area contributed by atoms with Crippen molar-refractivity contribution in [2.24, 2.45) is 5.41 Å². The number of benzene rings is 2. The minimum absolute atomic E-state index is 0.0471. The molecule has 11 nitrogen and oxygen atoms in total. The molecule has 274 valence electrons. The minimum Gasteiger partial charge on any atom is -0.465 e. The number of aryl methyl sites for hydroxylation is 2. The zero-order valence-corrected chi connectivity index (χ0v) is 30.6. The van der Waals surface area contributed by atoms with Crippen molar-refractivity contribution in [3.8, 4) is 11.3 Å². The maximum Gasteiger partial charge on any atom is 0.404 e. The van der Waals surface area contributed by atoms with Gasteiger partial charge in [0.25, 0.3) is 0 Å². The van der Waals surface area contributed by atoms with Crippen LogP contribution in [-0.4, -0.2) is 85.3 Å². The van der Waals surface area contributed by atoms with Crippen molar-refractivity contribution in [2.75, 3.05) is 13.1 Å².